The van der Waals surface area contributed by atoms with E-state index in [1.54, 1.807) is 31.4 Å². The van der Waals surface area contributed by atoms with Crippen molar-refractivity contribution in [1.29, 1.82) is 0 Å². The Hall–Kier alpha value is -2.26. The summed E-state index contributed by atoms with van der Waals surface area (Å²) in [4.78, 5) is 12.4. The monoisotopic (exact) mass is 432 g/mol. The van der Waals surface area contributed by atoms with Crippen LogP contribution in [-0.4, -0.2) is 52.0 Å². The van der Waals surface area contributed by atoms with Crippen molar-refractivity contribution in [1.82, 2.24) is 9.62 Å². The van der Waals surface area contributed by atoms with Crippen molar-refractivity contribution < 1.29 is 22.7 Å². The molecular weight excluding hydrogens is 404 g/mol. The number of methoxy groups -OCH3 is 1. The highest BCUT2D eigenvalue weighted by molar-refractivity contribution is 7.89. The summed E-state index contributed by atoms with van der Waals surface area (Å²) in [6.07, 6.45) is 0.897. The molecular formula is C22H28N2O5S. The van der Waals surface area contributed by atoms with E-state index in [-0.39, 0.29) is 10.8 Å². The summed E-state index contributed by atoms with van der Waals surface area (Å²) in [5.74, 6) is -0.0408. The molecule has 0 bridgehead atoms. The number of carbonyl (C=O) groups excluding carboxylic acids is 1. The molecule has 0 unspecified atom stereocenters. The zero-order chi connectivity index (χ0) is 21.4. The fourth-order valence-electron chi connectivity index (χ4n) is 3.23. The van der Waals surface area contributed by atoms with Crippen molar-refractivity contribution in [2.45, 2.75) is 30.9 Å². The van der Waals surface area contributed by atoms with Gasteiger partial charge in [0, 0.05) is 33.2 Å². The van der Waals surface area contributed by atoms with E-state index in [1.165, 1.54) is 4.31 Å². The third kappa shape index (κ3) is 6.12. The molecule has 0 atom stereocenters. The predicted octanol–water partition coefficient (Wildman–Crippen LogP) is 2.10. The second-order valence-electron chi connectivity index (χ2n) is 7.19. The summed E-state index contributed by atoms with van der Waals surface area (Å²) in [6, 6.07) is 14.7. The van der Waals surface area contributed by atoms with Crippen LogP contribution < -0.4 is 5.32 Å². The molecule has 3 rings (SSSR count). The van der Waals surface area contributed by atoms with Gasteiger partial charge in [0.05, 0.1) is 24.7 Å². The molecule has 162 valence electrons. The van der Waals surface area contributed by atoms with E-state index in [4.69, 9.17) is 9.47 Å². The van der Waals surface area contributed by atoms with E-state index < -0.39 is 10.0 Å². The van der Waals surface area contributed by atoms with Gasteiger partial charge in [0.25, 0.3) is 0 Å². The van der Waals surface area contributed by atoms with Gasteiger partial charge in [0.15, 0.2) is 0 Å². The van der Waals surface area contributed by atoms with E-state index >= 15 is 0 Å². The van der Waals surface area contributed by atoms with E-state index in [0.29, 0.717) is 52.3 Å². The van der Waals surface area contributed by atoms with Gasteiger partial charge in [0.2, 0.25) is 15.9 Å². The number of carbonyl (C=O) groups is 1. The lowest BCUT2D eigenvalue weighted by atomic mass is 10.1. The lowest BCUT2D eigenvalue weighted by molar-refractivity contribution is -0.121. The topological polar surface area (TPSA) is 84.9 Å². The molecule has 1 aliphatic heterocycles. The molecule has 7 nitrogen and oxygen atoms in total. The Morgan fingerprint density at radius 1 is 1.00 bits per heavy atom. The van der Waals surface area contributed by atoms with Gasteiger partial charge in [-0.25, -0.2) is 8.42 Å². The SMILES string of the molecule is COCc1ccc(CNC(=O)CCc2ccc(S(=O)(=O)N3CCOCC3)cc2)cc1. The van der Waals surface area contributed by atoms with Crippen molar-refractivity contribution in [3.05, 3.63) is 65.2 Å². The van der Waals surface area contributed by atoms with E-state index in [1.807, 2.05) is 24.3 Å². The first-order chi connectivity index (χ1) is 14.5. The second kappa shape index (κ2) is 10.7. The van der Waals surface area contributed by atoms with E-state index in [2.05, 4.69) is 5.32 Å². The smallest absolute Gasteiger partial charge is 0.243 e. The third-order valence-corrected chi connectivity index (χ3v) is 6.91. The minimum atomic E-state index is -3.49. The summed E-state index contributed by atoms with van der Waals surface area (Å²) in [7, 11) is -1.83. The Morgan fingerprint density at radius 3 is 2.23 bits per heavy atom. The van der Waals surface area contributed by atoms with Gasteiger partial charge in [-0.05, 0) is 35.2 Å². The number of nitrogens with one attached hydrogen (secondary N) is 1. The number of amides is 1. The van der Waals surface area contributed by atoms with Gasteiger partial charge in [-0.2, -0.15) is 4.31 Å². The zero-order valence-corrected chi connectivity index (χ0v) is 18.0. The minimum absolute atomic E-state index is 0.0408. The first-order valence-corrected chi connectivity index (χ1v) is 11.4. The predicted molar refractivity (Wildman–Crippen MR) is 113 cm³/mol. The normalized spacial score (nSPS) is 15.1. The van der Waals surface area contributed by atoms with Crippen LogP contribution in [0, 0.1) is 0 Å². The van der Waals surface area contributed by atoms with Gasteiger partial charge in [-0.1, -0.05) is 36.4 Å². The summed E-state index contributed by atoms with van der Waals surface area (Å²) < 4.78 is 37.0. The summed E-state index contributed by atoms with van der Waals surface area (Å²) in [5, 5.41) is 2.91. The van der Waals surface area contributed by atoms with Gasteiger partial charge in [-0.15, -0.1) is 0 Å². The maximum absolute atomic E-state index is 12.6. The van der Waals surface area contributed by atoms with Crippen molar-refractivity contribution in [2.24, 2.45) is 0 Å². The molecule has 0 radical (unpaired) electrons. The fourth-order valence-corrected chi connectivity index (χ4v) is 4.64. The third-order valence-electron chi connectivity index (χ3n) is 5.00. The van der Waals surface area contributed by atoms with E-state index in [0.717, 1.165) is 16.7 Å². The lowest BCUT2D eigenvalue weighted by Crippen LogP contribution is -2.40. The molecule has 1 fully saturated rings. The quantitative estimate of drug-likeness (QED) is 0.656. The summed E-state index contributed by atoms with van der Waals surface area (Å²) in [5.41, 5.74) is 3.04. The highest BCUT2D eigenvalue weighted by Crippen LogP contribution is 2.18. The zero-order valence-electron chi connectivity index (χ0n) is 17.2. The number of ether oxygens (including phenoxy) is 2. The van der Waals surface area contributed by atoms with Crippen molar-refractivity contribution in [2.75, 3.05) is 33.4 Å². The van der Waals surface area contributed by atoms with Crippen LogP contribution in [0.15, 0.2) is 53.4 Å². The van der Waals surface area contributed by atoms with Crippen LogP contribution in [0.3, 0.4) is 0 Å². The first-order valence-electron chi connectivity index (χ1n) is 9.99. The number of hydrogen-bond acceptors (Lipinski definition) is 5. The number of rotatable bonds is 9. The molecule has 0 spiro atoms. The standard InChI is InChI=1S/C22H28N2O5S/c1-28-17-20-4-2-19(3-5-20)16-23-22(25)11-8-18-6-9-21(10-7-18)30(26,27)24-12-14-29-15-13-24/h2-7,9-10H,8,11-17H2,1H3,(H,23,25). The van der Waals surface area contributed by atoms with Crippen LogP contribution in [0.4, 0.5) is 0 Å². The molecule has 2 aromatic rings. The maximum Gasteiger partial charge on any atom is 0.243 e. The number of hydrogen-bond donors (Lipinski definition) is 1. The molecule has 1 heterocycles. The van der Waals surface area contributed by atoms with Crippen LogP contribution in [0.2, 0.25) is 0 Å². The average Bonchev–Trinajstić information content (AvgIpc) is 2.78. The Kier molecular flexibility index (Phi) is 7.98. The molecule has 8 heteroatoms. The largest absolute Gasteiger partial charge is 0.380 e. The number of sulfonamides is 1. The Morgan fingerprint density at radius 2 is 1.60 bits per heavy atom. The van der Waals surface area contributed by atoms with Gasteiger partial charge >= 0.3 is 0 Å². The van der Waals surface area contributed by atoms with Crippen LogP contribution in [0.5, 0.6) is 0 Å². The molecule has 1 saturated heterocycles. The number of benzene rings is 2. The Bertz CT molecular complexity index is 921. The van der Waals surface area contributed by atoms with Crippen molar-refractivity contribution in [3.8, 4) is 0 Å². The molecule has 1 amide bonds. The molecule has 1 aliphatic rings. The molecule has 2 aromatic carbocycles. The summed E-state index contributed by atoms with van der Waals surface area (Å²) in [6.45, 7) is 2.63. The van der Waals surface area contributed by atoms with Gasteiger partial charge in [0.1, 0.15) is 0 Å². The fraction of sp³-hybridized carbons (Fsp3) is 0.409. The van der Waals surface area contributed by atoms with Crippen LogP contribution >= 0.6 is 0 Å². The van der Waals surface area contributed by atoms with Crippen LogP contribution in [0.25, 0.3) is 0 Å². The molecule has 1 N–H and O–H groups in total. The Labute approximate surface area is 178 Å². The van der Waals surface area contributed by atoms with Crippen molar-refractivity contribution >= 4 is 15.9 Å². The molecule has 30 heavy (non-hydrogen) atoms. The average molecular weight is 433 g/mol. The number of aryl methyl sites for hydroxylation is 1. The highest BCUT2D eigenvalue weighted by Gasteiger charge is 2.26. The molecule has 0 aromatic heterocycles. The Balaban J connectivity index is 1.46. The highest BCUT2D eigenvalue weighted by atomic mass is 32.2. The number of morpholine rings is 1. The van der Waals surface area contributed by atoms with Crippen LogP contribution in [0.1, 0.15) is 23.1 Å². The minimum Gasteiger partial charge on any atom is -0.380 e. The van der Waals surface area contributed by atoms with Gasteiger partial charge in [-0.3, -0.25) is 4.79 Å². The van der Waals surface area contributed by atoms with Crippen LogP contribution in [-0.2, 0) is 43.9 Å². The molecule has 0 saturated carbocycles. The summed E-state index contributed by atoms with van der Waals surface area (Å²) >= 11 is 0. The number of nitrogens with zero attached hydrogens (tertiary/aromatic N) is 1. The van der Waals surface area contributed by atoms with Crippen molar-refractivity contribution in [3.63, 3.8) is 0 Å². The maximum atomic E-state index is 12.6. The van der Waals surface area contributed by atoms with Gasteiger partial charge < -0.3 is 14.8 Å². The molecule has 0 aliphatic carbocycles. The second-order valence-corrected chi connectivity index (χ2v) is 9.12. The van der Waals surface area contributed by atoms with E-state index in [9.17, 15) is 13.2 Å². The lowest BCUT2D eigenvalue weighted by Gasteiger charge is -2.26. The first kappa shape index (κ1) is 22.4.